The average Bonchev–Trinajstić information content (AvgIpc) is 2.53. The molecule has 0 unspecified atom stereocenters. The van der Waals surface area contributed by atoms with Gasteiger partial charge in [-0.3, -0.25) is 14.4 Å². The molecule has 7 nitrogen and oxygen atoms in total. The highest BCUT2D eigenvalue weighted by Crippen LogP contribution is 2.31. The number of hydrogen-bond donors (Lipinski definition) is 3. The van der Waals surface area contributed by atoms with Crippen molar-refractivity contribution >= 4 is 29.3 Å². The molecule has 0 saturated carbocycles. The monoisotopic (exact) mass is 316 g/mol. The molecule has 8 heteroatoms. The first-order chi connectivity index (χ1) is 10.6. The predicted molar refractivity (Wildman–Crippen MR) is 81.8 cm³/mol. The number of thioether (sulfide) groups is 1. The van der Waals surface area contributed by atoms with Crippen molar-refractivity contribution in [1.29, 1.82) is 0 Å². The number of aromatic amines is 1. The number of H-pyrrole nitrogens is 1. The molecule has 112 valence electrons. The third kappa shape index (κ3) is 3.17. The fraction of sp³-hybridized carbons (Fsp3) is 0.143. The topological polar surface area (TPSA) is 104 Å². The van der Waals surface area contributed by atoms with Crippen LogP contribution in [0.4, 0.5) is 5.69 Å². The van der Waals surface area contributed by atoms with E-state index in [-0.39, 0.29) is 23.1 Å². The van der Waals surface area contributed by atoms with Crippen molar-refractivity contribution < 1.29 is 9.59 Å². The van der Waals surface area contributed by atoms with Crippen LogP contribution in [0.15, 0.2) is 40.0 Å². The number of nitrogens with one attached hydrogen (secondary N) is 3. The molecule has 3 rings (SSSR count). The minimum atomic E-state index is -0.382. The largest absolute Gasteiger partial charge is 0.347 e. The van der Waals surface area contributed by atoms with Gasteiger partial charge in [-0.1, -0.05) is 6.07 Å². The lowest BCUT2D eigenvalue weighted by molar-refractivity contribution is -0.113. The van der Waals surface area contributed by atoms with E-state index in [0.29, 0.717) is 12.3 Å². The second-order valence-corrected chi connectivity index (χ2v) is 5.67. The van der Waals surface area contributed by atoms with E-state index >= 15 is 0 Å². The maximum Gasteiger partial charge on any atom is 0.271 e. The molecular formula is C14H12N4O3S. The Morgan fingerprint density at radius 1 is 1.27 bits per heavy atom. The zero-order chi connectivity index (χ0) is 15.5. The molecule has 1 aromatic carbocycles. The van der Waals surface area contributed by atoms with Crippen molar-refractivity contribution in [3.63, 3.8) is 0 Å². The van der Waals surface area contributed by atoms with Gasteiger partial charge >= 0.3 is 0 Å². The van der Waals surface area contributed by atoms with Crippen LogP contribution in [0, 0.1) is 0 Å². The highest BCUT2D eigenvalue weighted by atomic mass is 32.2. The second-order valence-electron chi connectivity index (χ2n) is 4.66. The molecule has 2 amide bonds. The van der Waals surface area contributed by atoms with Crippen molar-refractivity contribution in [3.8, 4) is 0 Å². The first-order valence-corrected chi connectivity index (χ1v) is 7.50. The third-order valence-corrected chi connectivity index (χ3v) is 4.12. The molecule has 2 aromatic rings. The molecule has 0 saturated heterocycles. The van der Waals surface area contributed by atoms with Gasteiger partial charge in [-0.2, -0.15) is 5.10 Å². The summed E-state index contributed by atoms with van der Waals surface area (Å²) in [5.74, 6) is 0.00420. The minimum absolute atomic E-state index is 0.0314. The van der Waals surface area contributed by atoms with Crippen LogP contribution in [0.25, 0.3) is 0 Å². The van der Waals surface area contributed by atoms with Gasteiger partial charge in [0.25, 0.3) is 11.5 Å². The van der Waals surface area contributed by atoms with Gasteiger partial charge in [0.05, 0.1) is 11.4 Å². The van der Waals surface area contributed by atoms with Crippen molar-refractivity contribution in [2.75, 3.05) is 11.1 Å². The van der Waals surface area contributed by atoms with Gasteiger partial charge in [0.2, 0.25) is 5.91 Å². The Morgan fingerprint density at radius 3 is 2.91 bits per heavy atom. The highest BCUT2D eigenvalue weighted by molar-refractivity contribution is 8.00. The average molecular weight is 316 g/mol. The summed E-state index contributed by atoms with van der Waals surface area (Å²) in [5, 5.41) is 11.4. The Hall–Kier alpha value is -2.61. The summed E-state index contributed by atoms with van der Waals surface area (Å²) >= 11 is 1.48. The molecule has 1 aromatic heterocycles. The number of aromatic nitrogens is 2. The SMILES string of the molecule is O=C1CSc2ccc(CNC(=O)c3ccc(=O)[nH]n3)cc2N1. The molecule has 0 radical (unpaired) electrons. The van der Waals surface area contributed by atoms with Crippen LogP contribution >= 0.6 is 11.8 Å². The fourth-order valence-electron chi connectivity index (χ4n) is 1.98. The number of carbonyl (C=O) groups excluding carboxylic acids is 2. The molecule has 2 heterocycles. The smallest absolute Gasteiger partial charge is 0.271 e. The number of benzene rings is 1. The Kier molecular flexibility index (Phi) is 3.92. The van der Waals surface area contributed by atoms with E-state index < -0.39 is 0 Å². The number of carbonyl (C=O) groups is 2. The van der Waals surface area contributed by atoms with Crippen LogP contribution in [0.1, 0.15) is 16.1 Å². The van der Waals surface area contributed by atoms with E-state index in [2.05, 4.69) is 20.8 Å². The Morgan fingerprint density at radius 2 is 2.14 bits per heavy atom. The van der Waals surface area contributed by atoms with E-state index in [0.717, 1.165) is 16.1 Å². The summed E-state index contributed by atoms with van der Waals surface area (Å²) in [5.41, 5.74) is 1.40. The van der Waals surface area contributed by atoms with Crippen LogP contribution in [0.2, 0.25) is 0 Å². The molecule has 1 aliphatic heterocycles. The van der Waals surface area contributed by atoms with Gasteiger partial charge in [0.1, 0.15) is 5.69 Å². The molecule has 0 spiro atoms. The number of amides is 2. The van der Waals surface area contributed by atoms with E-state index in [4.69, 9.17) is 0 Å². The van der Waals surface area contributed by atoms with Crippen LogP contribution in [0.5, 0.6) is 0 Å². The van der Waals surface area contributed by atoms with E-state index in [1.807, 2.05) is 18.2 Å². The molecular weight excluding hydrogens is 304 g/mol. The standard InChI is InChI=1S/C14H12N4O3S/c19-12-4-2-9(17-18-12)14(21)15-6-8-1-3-11-10(5-8)16-13(20)7-22-11/h1-5H,6-7H2,(H,15,21)(H,16,20)(H,18,19). The lowest BCUT2D eigenvalue weighted by Gasteiger charge is -2.17. The van der Waals surface area contributed by atoms with Crippen molar-refractivity contribution in [3.05, 3.63) is 51.9 Å². The fourth-order valence-corrected chi connectivity index (χ4v) is 2.77. The number of rotatable bonds is 3. The van der Waals surface area contributed by atoms with Crippen molar-refractivity contribution in [2.45, 2.75) is 11.4 Å². The van der Waals surface area contributed by atoms with Gasteiger partial charge in [-0.25, -0.2) is 5.10 Å². The van der Waals surface area contributed by atoms with Gasteiger partial charge in [0, 0.05) is 17.5 Å². The normalized spacial score (nSPS) is 13.2. The first kappa shape index (κ1) is 14.3. The van der Waals surface area contributed by atoms with E-state index in [1.54, 1.807) is 0 Å². The Labute approximate surface area is 129 Å². The molecule has 22 heavy (non-hydrogen) atoms. The lowest BCUT2D eigenvalue weighted by atomic mass is 10.2. The zero-order valence-corrected chi connectivity index (χ0v) is 12.2. The molecule has 0 bridgehead atoms. The third-order valence-electron chi connectivity index (χ3n) is 3.04. The predicted octanol–water partition coefficient (Wildman–Crippen LogP) is 0.744. The Bertz CT molecular complexity index is 782. The second kappa shape index (κ2) is 6.02. The summed E-state index contributed by atoms with van der Waals surface area (Å²) in [4.78, 5) is 35.2. The number of fused-ring (bicyclic) bond motifs is 1. The summed E-state index contributed by atoms with van der Waals surface area (Å²) in [6, 6.07) is 8.24. The summed E-state index contributed by atoms with van der Waals surface area (Å²) in [6.07, 6.45) is 0. The van der Waals surface area contributed by atoms with Gasteiger partial charge in [-0.05, 0) is 23.8 Å². The highest BCUT2D eigenvalue weighted by Gasteiger charge is 2.15. The van der Waals surface area contributed by atoms with Crippen LogP contribution < -0.4 is 16.2 Å². The first-order valence-electron chi connectivity index (χ1n) is 6.51. The molecule has 0 atom stereocenters. The van der Waals surface area contributed by atoms with E-state index in [1.165, 1.54) is 23.9 Å². The molecule has 0 fully saturated rings. The molecule has 0 aliphatic carbocycles. The maximum absolute atomic E-state index is 11.9. The van der Waals surface area contributed by atoms with Crippen LogP contribution in [-0.4, -0.2) is 27.8 Å². The van der Waals surface area contributed by atoms with Crippen LogP contribution in [0.3, 0.4) is 0 Å². The lowest BCUT2D eigenvalue weighted by Crippen LogP contribution is -2.25. The Balaban J connectivity index is 1.67. The maximum atomic E-state index is 11.9. The number of anilines is 1. The summed E-state index contributed by atoms with van der Waals surface area (Å²) in [6.45, 7) is 0.299. The minimum Gasteiger partial charge on any atom is -0.347 e. The quantitative estimate of drug-likeness (QED) is 0.775. The van der Waals surface area contributed by atoms with Crippen molar-refractivity contribution in [2.24, 2.45) is 0 Å². The van der Waals surface area contributed by atoms with Gasteiger partial charge < -0.3 is 10.6 Å². The van der Waals surface area contributed by atoms with Gasteiger partial charge in [-0.15, -0.1) is 11.8 Å². The molecule has 3 N–H and O–H groups in total. The number of hydrogen-bond acceptors (Lipinski definition) is 5. The summed E-state index contributed by atoms with van der Waals surface area (Å²) in [7, 11) is 0. The van der Waals surface area contributed by atoms with Crippen molar-refractivity contribution in [1.82, 2.24) is 15.5 Å². The van der Waals surface area contributed by atoms with Gasteiger partial charge in [0.15, 0.2) is 0 Å². The summed E-state index contributed by atoms with van der Waals surface area (Å²) < 4.78 is 0. The zero-order valence-electron chi connectivity index (χ0n) is 11.4. The van der Waals surface area contributed by atoms with Crippen LogP contribution in [-0.2, 0) is 11.3 Å². The van der Waals surface area contributed by atoms with E-state index in [9.17, 15) is 14.4 Å². The number of nitrogens with zero attached hydrogens (tertiary/aromatic N) is 1. The molecule has 1 aliphatic rings.